The first-order chi connectivity index (χ1) is 5.40. The minimum atomic E-state index is 0.228. The number of hydrogen-bond acceptors (Lipinski definition) is 2. The molecule has 0 aromatic carbocycles. The van der Waals surface area contributed by atoms with Gasteiger partial charge in [0.05, 0.1) is 0 Å². The van der Waals surface area contributed by atoms with Gasteiger partial charge in [-0.2, -0.15) is 0 Å². The molecule has 12 heavy (non-hydrogen) atoms. The van der Waals surface area contributed by atoms with Crippen LogP contribution in [0, 0.1) is 5.41 Å². The lowest BCUT2D eigenvalue weighted by Gasteiger charge is -2.30. The molecule has 0 aliphatic rings. The van der Waals surface area contributed by atoms with Crippen LogP contribution in [0.2, 0.25) is 0 Å². The fourth-order valence-electron chi connectivity index (χ4n) is 1.26. The second kappa shape index (κ2) is 4.90. The largest absolute Gasteiger partial charge is 0.288 e. The van der Waals surface area contributed by atoms with Gasteiger partial charge in [0.25, 0.3) is 0 Å². The molecular formula is C10H20OS. The zero-order valence-corrected chi connectivity index (χ0v) is 9.62. The van der Waals surface area contributed by atoms with Gasteiger partial charge in [0, 0.05) is 12.2 Å². The molecule has 72 valence electrons. The third-order valence-corrected chi connectivity index (χ3v) is 3.66. The van der Waals surface area contributed by atoms with Crippen molar-refractivity contribution in [3.05, 3.63) is 0 Å². The van der Waals surface area contributed by atoms with Gasteiger partial charge in [0.2, 0.25) is 0 Å². The summed E-state index contributed by atoms with van der Waals surface area (Å²) in [6, 6.07) is 0. The van der Waals surface area contributed by atoms with Crippen LogP contribution in [0.15, 0.2) is 0 Å². The number of carbonyl (C=O) groups is 1. The zero-order valence-electron chi connectivity index (χ0n) is 8.81. The van der Waals surface area contributed by atoms with E-state index in [9.17, 15) is 4.79 Å². The predicted octanol–water partition coefficient (Wildman–Crippen LogP) is 3.48. The highest BCUT2D eigenvalue weighted by atomic mass is 32.2. The summed E-state index contributed by atoms with van der Waals surface area (Å²) in [6.07, 6.45) is 2.38. The minimum absolute atomic E-state index is 0.228. The van der Waals surface area contributed by atoms with Crippen LogP contribution in [0.3, 0.4) is 0 Å². The van der Waals surface area contributed by atoms with Gasteiger partial charge in [-0.25, -0.2) is 0 Å². The Hall–Kier alpha value is 0.0200. The molecule has 1 nitrogen and oxygen atoms in total. The van der Waals surface area contributed by atoms with Crippen molar-refractivity contribution in [1.29, 1.82) is 0 Å². The van der Waals surface area contributed by atoms with Crippen LogP contribution in [-0.2, 0) is 4.79 Å². The van der Waals surface area contributed by atoms with E-state index < -0.39 is 0 Å². The molecule has 0 aromatic heterocycles. The van der Waals surface area contributed by atoms with Crippen LogP contribution in [0.1, 0.15) is 47.5 Å². The molecule has 1 atom stereocenters. The molecule has 0 rings (SSSR count). The molecular weight excluding hydrogens is 168 g/mol. The molecule has 0 N–H and O–H groups in total. The van der Waals surface area contributed by atoms with Gasteiger partial charge in [0.15, 0.2) is 5.12 Å². The quantitative estimate of drug-likeness (QED) is 0.672. The van der Waals surface area contributed by atoms with E-state index >= 15 is 0 Å². The van der Waals surface area contributed by atoms with E-state index in [4.69, 9.17) is 0 Å². The molecule has 0 aliphatic heterocycles. The Morgan fingerprint density at radius 1 is 1.50 bits per heavy atom. The number of hydrogen-bond donors (Lipinski definition) is 0. The molecule has 0 fully saturated rings. The van der Waals surface area contributed by atoms with Crippen molar-refractivity contribution in [3.8, 4) is 0 Å². The van der Waals surface area contributed by atoms with Crippen LogP contribution in [0.4, 0.5) is 0 Å². The maximum atomic E-state index is 10.9. The highest BCUT2D eigenvalue weighted by Gasteiger charge is 2.26. The van der Waals surface area contributed by atoms with E-state index in [0.29, 0.717) is 5.25 Å². The standard InChI is InChI=1S/C10H20OS/c1-6-7-10(4,5)8(2)12-9(3)11/h8H,6-7H2,1-5H3. The van der Waals surface area contributed by atoms with Crippen molar-refractivity contribution in [1.82, 2.24) is 0 Å². The number of carbonyl (C=O) groups excluding carboxylic acids is 1. The predicted molar refractivity (Wildman–Crippen MR) is 56.4 cm³/mol. The molecule has 0 aliphatic carbocycles. The highest BCUT2D eigenvalue weighted by Crippen LogP contribution is 2.34. The summed E-state index contributed by atoms with van der Waals surface area (Å²) >= 11 is 1.46. The molecule has 0 saturated carbocycles. The lowest BCUT2D eigenvalue weighted by Crippen LogP contribution is -2.24. The van der Waals surface area contributed by atoms with Crippen LogP contribution < -0.4 is 0 Å². The molecule has 2 heteroatoms. The van der Waals surface area contributed by atoms with Crippen molar-refractivity contribution >= 4 is 16.9 Å². The summed E-state index contributed by atoms with van der Waals surface area (Å²) < 4.78 is 0. The van der Waals surface area contributed by atoms with Crippen molar-refractivity contribution < 1.29 is 4.79 Å². The van der Waals surface area contributed by atoms with Crippen LogP contribution >= 0.6 is 11.8 Å². The Morgan fingerprint density at radius 2 is 2.00 bits per heavy atom. The van der Waals surface area contributed by atoms with Gasteiger partial charge in [-0.05, 0) is 11.8 Å². The molecule has 0 radical (unpaired) electrons. The number of rotatable bonds is 4. The van der Waals surface area contributed by atoms with Crippen molar-refractivity contribution in [2.75, 3.05) is 0 Å². The van der Waals surface area contributed by atoms with E-state index in [1.165, 1.54) is 24.6 Å². The smallest absolute Gasteiger partial charge is 0.186 e. The molecule has 0 spiro atoms. The second-order valence-electron chi connectivity index (χ2n) is 3.99. The average molecular weight is 188 g/mol. The summed E-state index contributed by atoms with van der Waals surface area (Å²) in [6.45, 7) is 10.4. The van der Waals surface area contributed by atoms with Gasteiger partial charge < -0.3 is 0 Å². The molecule has 0 bridgehead atoms. The summed E-state index contributed by atoms with van der Waals surface area (Å²) in [5, 5.41) is 0.654. The van der Waals surface area contributed by atoms with Gasteiger partial charge in [0.1, 0.15) is 0 Å². The monoisotopic (exact) mass is 188 g/mol. The van der Waals surface area contributed by atoms with Gasteiger partial charge in [-0.1, -0.05) is 45.9 Å². The summed E-state index contributed by atoms with van der Waals surface area (Å²) in [4.78, 5) is 10.9. The van der Waals surface area contributed by atoms with Crippen molar-refractivity contribution in [2.24, 2.45) is 5.41 Å². The lowest BCUT2D eigenvalue weighted by atomic mass is 9.85. The van der Waals surface area contributed by atoms with Crippen LogP contribution in [-0.4, -0.2) is 10.4 Å². The molecule has 0 heterocycles. The Labute approximate surface area is 80.3 Å². The zero-order chi connectivity index (χ0) is 9.78. The van der Waals surface area contributed by atoms with Gasteiger partial charge in [-0.3, -0.25) is 4.79 Å². The summed E-state index contributed by atoms with van der Waals surface area (Å²) in [7, 11) is 0. The van der Waals surface area contributed by atoms with Gasteiger partial charge in [-0.15, -0.1) is 0 Å². The fourth-order valence-corrected chi connectivity index (χ4v) is 2.19. The maximum absolute atomic E-state index is 10.9. The average Bonchev–Trinajstić information content (AvgIpc) is 1.85. The normalized spacial score (nSPS) is 14.4. The molecule has 0 aromatic rings. The Balaban J connectivity index is 4.04. The minimum Gasteiger partial charge on any atom is -0.288 e. The number of thioether (sulfide) groups is 1. The summed E-state index contributed by atoms with van der Waals surface area (Å²) in [5.74, 6) is 0. The SMILES string of the molecule is CCCC(C)(C)C(C)SC(C)=O. The third-order valence-electron chi connectivity index (χ3n) is 2.34. The molecule has 0 saturated heterocycles. The lowest BCUT2D eigenvalue weighted by molar-refractivity contribution is -0.109. The Kier molecular flexibility index (Phi) is 4.91. The Morgan fingerprint density at radius 3 is 2.33 bits per heavy atom. The first kappa shape index (κ1) is 12.0. The van der Waals surface area contributed by atoms with E-state index in [1.807, 2.05) is 0 Å². The van der Waals surface area contributed by atoms with E-state index in [1.54, 1.807) is 6.92 Å². The first-order valence-corrected chi connectivity index (χ1v) is 5.45. The third kappa shape index (κ3) is 4.15. The Bertz CT molecular complexity index is 152. The van der Waals surface area contributed by atoms with Crippen LogP contribution in [0.25, 0.3) is 0 Å². The topological polar surface area (TPSA) is 17.1 Å². The molecule has 0 amide bonds. The van der Waals surface area contributed by atoms with Crippen molar-refractivity contribution in [3.63, 3.8) is 0 Å². The van der Waals surface area contributed by atoms with Crippen molar-refractivity contribution in [2.45, 2.75) is 52.7 Å². The first-order valence-electron chi connectivity index (χ1n) is 4.57. The maximum Gasteiger partial charge on any atom is 0.186 e. The van der Waals surface area contributed by atoms with E-state index in [-0.39, 0.29) is 10.5 Å². The second-order valence-corrected chi connectivity index (χ2v) is 5.51. The fraction of sp³-hybridized carbons (Fsp3) is 0.900. The van der Waals surface area contributed by atoms with E-state index in [0.717, 1.165) is 0 Å². The summed E-state index contributed by atoms with van der Waals surface area (Å²) in [5.41, 5.74) is 0.283. The van der Waals surface area contributed by atoms with Crippen LogP contribution in [0.5, 0.6) is 0 Å². The van der Waals surface area contributed by atoms with Gasteiger partial charge >= 0.3 is 0 Å². The highest BCUT2D eigenvalue weighted by molar-refractivity contribution is 8.14. The van der Waals surface area contributed by atoms with E-state index in [2.05, 4.69) is 27.7 Å². The molecule has 1 unspecified atom stereocenters.